The fourth-order valence-electron chi connectivity index (χ4n) is 7.88. The molecule has 1 N–H and O–H groups in total. The zero-order valence-corrected chi connectivity index (χ0v) is 41.1. The molecule has 0 bridgehead atoms. The van der Waals surface area contributed by atoms with Gasteiger partial charge in [-0.1, -0.05) is 175 Å². The molecule has 0 rings (SSSR count). The molecule has 0 amide bonds. The summed E-state index contributed by atoms with van der Waals surface area (Å²) in [4.78, 5) is 15.6. The topological polar surface area (TPSA) is 77.5 Å². The zero-order valence-electron chi connectivity index (χ0n) is 40.1. The minimum absolute atomic E-state index is 0.0617. The van der Waals surface area contributed by atoms with E-state index in [4.69, 9.17) is 18.3 Å². The lowest BCUT2D eigenvalue weighted by Crippen LogP contribution is -2.40. The highest BCUT2D eigenvalue weighted by molar-refractivity contribution is 6.64. The Labute approximate surface area is 363 Å². The Kier molecular flexibility index (Phi) is 44.1. The molecule has 0 heterocycles. The van der Waals surface area contributed by atoms with Gasteiger partial charge in [-0.2, -0.15) is 0 Å². The molecule has 0 saturated heterocycles. The molecule has 0 fully saturated rings. The van der Waals surface area contributed by atoms with Gasteiger partial charge in [-0.15, -0.1) is 0 Å². The van der Waals surface area contributed by atoms with Crippen molar-refractivity contribution in [2.45, 2.75) is 265 Å². The number of hydrogen-bond acceptors (Lipinski definition) is 7. The van der Waals surface area contributed by atoms with Gasteiger partial charge in [-0.3, -0.25) is 4.79 Å². The average molecular weight is 842 g/mol. The minimum Gasteiger partial charge on any atom is -0.465 e. The van der Waals surface area contributed by atoms with E-state index in [2.05, 4.69) is 45.7 Å². The van der Waals surface area contributed by atoms with Crippen molar-refractivity contribution in [3.05, 3.63) is 0 Å². The van der Waals surface area contributed by atoms with Crippen LogP contribution < -0.4 is 0 Å². The Hall–Kier alpha value is -0.513. The lowest BCUT2D eigenvalue weighted by molar-refractivity contribution is -0.149. The van der Waals surface area contributed by atoms with Gasteiger partial charge in [0, 0.05) is 19.8 Å². The first-order chi connectivity index (χ1) is 28.3. The van der Waals surface area contributed by atoms with Gasteiger partial charge in [0.1, 0.15) is 6.29 Å². The number of nitrogens with zero attached hydrogens (tertiary/aromatic N) is 1. The number of unbranched alkanes of at least 4 members (excludes halogenated alkanes) is 24. The second-order valence-corrected chi connectivity index (χ2v) is 21.3. The maximum atomic E-state index is 13.0. The summed E-state index contributed by atoms with van der Waals surface area (Å²) >= 11 is 0. The van der Waals surface area contributed by atoms with Crippen LogP contribution in [0.1, 0.15) is 246 Å². The van der Waals surface area contributed by atoms with Crippen molar-refractivity contribution in [1.82, 2.24) is 4.90 Å². The monoisotopic (exact) mass is 842 g/mol. The molecule has 0 aromatic rings. The Bertz CT molecular complexity index is 832. The standard InChI is InChI=1S/C50H103NO6Si/c1-7-11-15-19-22-29-39-48(38-28-18-14-10-4)50(53)55-46-36-26-23-31-41-51(43-33-34-44-52)42-32-24-27-37-47-56-58(5,6)57-49(40-30-21-17-13-9-3)54-45-35-25-20-16-12-8-2/h48-49,52H,7-47H2,1-6H3. The summed E-state index contributed by atoms with van der Waals surface area (Å²) in [5.41, 5.74) is 0. The van der Waals surface area contributed by atoms with Crippen LogP contribution in [0.25, 0.3) is 0 Å². The number of aliphatic hydroxyl groups excluding tert-OH is 1. The number of carbonyl (C=O) groups excluding carboxylic acids is 1. The van der Waals surface area contributed by atoms with E-state index in [0.29, 0.717) is 6.61 Å². The molecular formula is C50H103NO6Si. The van der Waals surface area contributed by atoms with E-state index in [9.17, 15) is 9.90 Å². The predicted molar refractivity (Wildman–Crippen MR) is 252 cm³/mol. The van der Waals surface area contributed by atoms with E-state index >= 15 is 0 Å². The zero-order chi connectivity index (χ0) is 42.6. The van der Waals surface area contributed by atoms with E-state index in [0.717, 1.165) is 103 Å². The molecule has 2 atom stereocenters. The van der Waals surface area contributed by atoms with Gasteiger partial charge in [0.15, 0.2) is 0 Å². The largest absolute Gasteiger partial charge is 0.465 e. The number of esters is 1. The molecular weight excluding hydrogens is 739 g/mol. The van der Waals surface area contributed by atoms with E-state index in [1.54, 1.807) is 0 Å². The van der Waals surface area contributed by atoms with E-state index in [1.807, 2.05) is 0 Å². The summed E-state index contributed by atoms with van der Waals surface area (Å²) < 4.78 is 25.1. The van der Waals surface area contributed by atoms with Gasteiger partial charge >= 0.3 is 14.5 Å². The molecule has 0 saturated carbocycles. The molecule has 58 heavy (non-hydrogen) atoms. The number of aliphatic hydroxyl groups is 1. The Morgan fingerprint density at radius 2 is 0.879 bits per heavy atom. The summed E-state index contributed by atoms with van der Waals surface area (Å²) in [7, 11) is -2.27. The molecule has 8 heteroatoms. The number of rotatable bonds is 48. The molecule has 0 aliphatic carbocycles. The van der Waals surface area contributed by atoms with Gasteiger partial charge in [-0.05, 0) is 103 Å². The third-order valence-corrected chi connectivity index (χ3v) is 13.4. The first-order valence-corrected chi connectivity index (χ1v) is 28.6. The van der Waals surface area contributed by atoms with Crippen molar-refractivity contribution in [3.63, 3.8) is 0 Å². The van der Waals surface area contributed by atoms with Crippen LogP contribution in [0.15, 0.2) is 0 Å². The third kappa shape index (κ3) is 39.6. The molecule has 0 aliphatic rings. The van der Waals surface area contributed by atoms with Gasteiger partial charge in [0.25, 0.3) is 0 Å². The highest BCUT2D eigenvalue weighted by atomic mass is 28.4. The van der Waals surface area contributed by atoms with Crippen molar-refractivity contribution in [2.24, 2.45) is 5.92 Å². The van der Waals surface area contributed by atoms with Crippen molar-refractivity contribution in [1.29, 1.82) is 0 Å². The molecule has 0 aromatic carbocycles. The van der Waals surface area contributed by atoms with Crippen LogP contribution in [0.2, 0.25) is 13.1 Å². The number of hydrogen-bond donors (Lipinski definition) is 1. The maximum absolute atomic E-state index is 13.0. The fraction of sp³-hybridized carbons (Fsp3) is 0.980. The van der Waals surface area contributed by atoms with Gasteiger partial charge < -0.3 is 28.3 Å². The Morgan fingerprint density at radius 1 is 0.483 bits per heavy atom. The molecule has 0 radical (unpaired) electrons. The Morgan fingerprint density at radius 3 is 1.40 bits per heavy atom. The molecule has 0 aromatic heterocycles. The summed E-state index contributed by atoms with van der Waals surface area (Å²) in [6.45, 7) is 19.1. The lowest BCUT2D eigenvalue weighted by Gasteiger charge is -2.29. The van der Waals surface area contributed by atoms with Crippen LogP contribution in [0, 0.1) is 5.92 Å². The van der Waals surface area contributed by atoms with Gasteiger partial charge in [-0.25, -0.2) is 0 Å². The van der Waals surface area contributed by atoms with Crippen LogP contribution >= 0.6 is 0 Å². The predicted octanol–water partition coefficient (Wildman–Crippen LogP) is 14.9. The quantitative estimate of drug-likeness (QED) is 0.0283. The van der Waals surface area contributed by atoms with Crippen molar-refractivity contribution >= 4 is 14.5 Å². The SMILES string of the molecule is CCCCCCCCOC(CCCCCCC)O[Si](C)(C)OCCCCCCN(CCCCO)CCCCCCOC(=O)C(CCCCCC)CCCCCCCC. The van der Waals surface area contributed by atoms with Crippen molar-refractivity contribution in [2.75, 3.05) is 46.1 Å². The van der Waals surface area contributed by atoms with Crippen molar-refractivity contribution in [3.8, 4) is 0 Å². The molecule has 348 valence electrons. The first-order valence-electron chi connectivity index (χ1n) is 25.8. The van der Waals surface area contributed by atoms with Crippen LogP contribution in [-0.4, -0.2) is 76.9 Å². The first kappa shape index (κ1) is 57.5. The van der Waals surface area contributed by atoms with Gasteiger partial charge in [0.05, 0.1) is 12.5 Å². The summed E-state index contributed by atoms with van der Waals surface area (Å²) in [5.74, 6) is 0.157. The van der Waals surface area contributed by atoms with Crippen LogP contribution in [0.5, 0.6) is 0 Å². The van der Waals surface area contributed by atoms with E-state index in [1.165, 1.54) is 148 Å². The fourth-order valence-corrected chi connectivity index (χ4v) is 9.40. The van der Waals surface area contributed by atoms with Crippen LogP contribution in [-0.2, 0) is 23.1 Å². The number of carbonyl (C=O) groups is 1. The molecule has 7 nitrogen and oxygen atoms in total. The smallest absolute Gasteiger partial charge is 0.333 e. The Balaban J connectivity index is 4.45. The van der Waals surface area contributed by atoms with E-state index < -0.39 is 8.56 Å². The maximum Gasteiger partial charge on any atom is 0.333 e. The van der Waals surface area contributed by atoms with Gasteiger partial charge in [0.2, 0.25) is 0 Å². The average Bonchev–Trinajstić information content (AvgIpc) is 3.21. The van der Waals surface area contributed by atoms with Crippen LogP contribution in [0.4, 0.5) is 0 Å². The third-order valence-electron chi connectivity index (χ3n) is 11.7. The van der Waals surface area contributed by atoms with Crippen molar-refractivity contribution < 1.29 is 28.2 Å². The molecule has 0 spiro atoms. The van der Waals surface area contributed by atoms with E-state index in [-0.39, 0.29) is 24.8 Å². The normalized spacial score (nSPS) is 13.1. The second-order valence-electron chi connectivity index (χ2n) is 18.0. The summed E-state index contributed by atoms with van der Waals surface area (Å²) in [5, 5.41) is 9.37. The highest BCUT2D eigenvalue weighted by Gasteiger charge is 2.29. The highest BCUT2D eigenvalue weighted by Crippen LogP contribution is 2.22. The summed E-state index contributed by atoms with van der Waals surface area (Å²) in [6.07, 6.45) is 40.4. The summed E-state index contributed by atoms with van der Waals surface area (Å²) in [6, 6.07) is 0. The minimum atomic E-state index is -2.27. The lowest BCUT2D eigenvalue weighted by atomic mass is 9.94. The van der Waals surface area contributed by atoms with Crippen LogP contribution in [0.3, 0.4) is 0 Å². The molecule has 0 aliphatic heterocycles. The second kappa shape index (κ2) is 44.5. The molecule has 2 unspecified atom stereocenters. The number of ether oxygens (including phenoxy) is 2.